The number of ether oxygens (including phenoxy) is 4. The summed E-state index contributed by atoms with van der Waals surface area (Å²) in [4.78, 5) is 25.1. The zero-order chi connectivity index (χ0) is 35.6. The minimum atomic E-state index is -4.59. The predicted octanol–water partition coefficient (Wildman–Crippen LogP) is 5.78. The summed E-state index contributed by atoms with van der Waals surface area (Å²) in [7, 11) is -4.59. The van der Waals surface area contributed by atoms with Gasteiger partial charge in [0, 0.05) is 12.8 Å². The molecule has 0 radical (unpaired) electrons. The van der Waals surface area contributed by atoms with E-state index in [1.54, 1.807) is 0 Å². The molecule has 0 spiro atoms. The Labute approximate surface area is 289 Å². The molecular weight excluding hydrogens is 644 g/mol. The van der Waals surface area contributed by atoms with Crippen LogP contribution in [0.1, 0.15) is 155 Å². The number of esters is 2. The molecule has 0 saturated carbocycles. The molecule has 0 aromatic rings. The fourth-order valence-electron chi connectivity index (χ4n) is 5.73. The van der Waals surface area contributed by atoms with Crippen molar-refractivity contribution in [2.45, 2.75) is 192 Å². The van der Waals surface area contributed by atoms with Gasteiger partial charge in [0.1, 0.15) is 36.8 Å². The second-order valence-corrected chi connectivity index (χ2v) is 14.8. The Morgan fingerprint density at radius 1 is 0.625 bits per heavy atom. The van der Waals surface area contributed by atoms with Crippen molar-refractivity contribution in [2.24, 2.45) is 0 Å². The molecule has 284 valence electrons. The maximum absolute atomic E-state index is 12.6. The van der Waals surface area contributed by atoms with Gasteiger partial charge in [-0.15, -0.1) is 0 Å². The lowest BCUT2D eigenvalue weighted by atomic mass is 10.00. The third-order valence-corrected chi connectivity index (χ3v) is 9.44. The van der Waals surface area contributed by atoms with Gasteiger partial charge < -0.3 is 34.3 Å². The molecule has 12 nitrogen and oxygen atoms in total. The smallest absolute Gasteiger partial charge is 0.306 e. The highest BCUT2D eigenvalue weighted by Crippen LogP contribution is 2.24. The van der Waals surface area contributed by atoms with Gasteiger partial charge >= 0.3 is 11.9 Å². The second-order valence-electron chi connectivity index (χ2n) is 13.3. The monoisotopic (exact) mass is 710 g/mol. The summed E-state index contributed by atoms with van der Waals surface area (Å²) in [6.07, 6.45) is 13.3. The first-order chi connectivity index (χ1) is 23.0. The van der Waals surface area contributed by atoms with Gasteiger partial charge in [-0.25, -0.2) is 0 Å². The van der Waals surface area contributed by atoms with Crippen LogP contribution in [0.2, 0.25) is 0 Å². The average molecular weight is 711 g/mol. The van der Waals surface area contributed by atoms with E-state index >= 15 is 0 Å². The third-order valence-electron chi connectivity index (χ3n) is 8.69. The highest BCUT2D eigenvalue weighted by molar-refractivity contribution is 7.85. The number of aliphatic hydroxyl groups excluding tert-OH is 3. The minimum Gasteiger partial charge on any atom is -0.462 e. The van der Waals surface area contributed by atoms with Gasteiger partial charge in [-0.3, -0.25) is 14.1 Å². The zero-order valence-electron chi connectivity index (χ0n) is 29.6. The molecule has 1 saturated heterocycles. The van der Waals surface area contributed by atoms with E-state index in [-0.39, 0.29) is 19.4 Å². The van der Waals surface area contributed by atoms with Crippen molar-refractivity contribution in [1.82, 2.24) is 0 Å². The molecule has 0 aromatic carbocycles. The number of aliphatic hydroxyl groups is 3. The van der Waals surface area contributed by atoms with E-state index < -0.39 is 71.2 Å². The molecule has 1 heterocycles. The highest BCUT2D eigenvalue weighted by Gasteiger charge is 2.46. The number of rotatable bonds is 30. The number of carbonyl (C=O) groups is 2. The van der Waals surface area contributed by atoms with Crippen LogP contribution in [0, 0.1) is 0 Å². The Morgan fingerprint density at radius 3 is 1.52 bits per heavy atom. The molecule has 2 unspecified atom stereocenters. The number of hydrogen-bond acceptors (Lipinski definition) is 11. The molecule has 0 bridgehead atoms. The van der Waals surface area contributed by atoms with Crippen molar-refractivity contribution in [3.8, 4) is 0 Å². The topological polar surface area (TPSA) is 186 Å². The van der Waals surface area contributed by atoms with Crippen molar-refractivity contribution < 1.29 is 56.8 Å². The van der Waals surface area contributed by atoms with E-state index in [9.17, 15) is 37.9 Å². The van der Waals surface area contributed by atoms with Crippen LogP contribution < -0.4 is 0 Å². The molecule has 4 N–H and O–H groups in total. The van der Waals surface area contributed by atoms with Gasteiger partial charge in [0.15, 0.2) is 12.4 Å². The van der Waals surface area contributed by atoms with E-state index in [1.807, 2.05) is 0 Å². The maximum atomic E-state index is 12.6. The minimum absolute atomic E-state index is 0.169. The molecule has 1 fully saturated rings. The molecule has 13 heteroatoms. The van der Waals surface area contributed by atoms with Crippen LogP contribution in [0.25, 0.3) is 0 Å². The quantitative estimate of drug-likeness (QED) is 0.0401. The van der Waals surface area contributed by atoms with Crippen LogP contribution in [-0.2, 0) is 38.7 Å². The van der Waals surface area contributed by atoms with Gasteiger partial charge in [-0.2, -0.15) is 8.42 Å². The standard InChI is InChI=1S/C35H66O12S/c1-3-5-7-9-11-13-14-15-16-18-19-21-23-30(36)44-25-28(46-31(37)24-22-20-17-12-10-8-6-4-2)26-45-35-34(40)33(39)32(38)29(47-35)27-48(41,42)43/h28-29,32-35,38-40H,3-27H2,1-2H3,(H,41,42,43)/t28-,29+,32+,33?,34?,35-/m1/s1. The normalized spacial score (nSPS) is 22.0. The summed E-state index contributed by atoms with van der Waals surface area (Å²) in [6.45, 7) is 3.69. The first kappa shape index (κ1) is 44.7. The summed E-state index contributed by atoms with van der Waals surface area (Å²) in [6, 6.07) is 0. The Kier molecular flexibility index (Phi) is 25.5. The van der Waals surface area contributed by atoms with E-state index in [1.165, 1.54) is 77.0 Å². The second kappa shape index (κ2) is 27.4. The van der Waals surface area contributed by atoms with Crippen LogP contribution in [0.3, 0.4) is 0 Å². The summed E-state index contributed by atoms with van der Waals surface area (Å²) in [5.74, 6) is -1.98. The van der Waals surface area contributed by atoms with Gasteiger partial charge in [0.05, 0.1) is 6.61 Å². The lowest BCUT2D eigenvalue weighted by Gasteiger charge is -2.40. The van der Waals surface area contributed by atoms with E-state index in [0.29, 0.717) is 12.8 Å². The molecular formula is C35H66O12S. The molecule has 0 amide bonds. The van der Waals surface area contributed by atoms with Crippen molar-refractivity contribution in [3.63, 3.8) is 0 Å². The van der Waals surface area contributed by atoms with Crippen LogP contribution in [0.15, 0.2) is 0 Å². The van der Waals surface area contributed by atoms with E-state index in [0.717, 1.165) is 38.5 Å². The van der Waals surface area contributed by atoms with Crippen molar-refractivity contribution in [2.75, 3.05) is 19.0 Å². The SMILES string of the molecule is CCCCCCCCCCCCCCC(=O)OC[C@H](CO[C@@H]1O[C@@H](CS(=O)(=O)O)[C@H](O)C(O)C1O)OC(=O)CCCCCCCCCC. The number of hydrogen-bond donors (Lipinski definition) is 4. The highest BCUT2D eigenvalue weighted by atomic mass is 32.2. The first-order valence-electron chi connectivity index (χ1n) is 18.6. The molecule has 1 rings (SSSR count). The first-order valence-corrected chi connectivity index (χ1v) is 20.2. The Bertz CT molecular complexity index is 931. The van der Waals surface area contributed by atoms with Crippen LogP contribution in [-0.4, -0.2) is 96.0 Å². The van der Waals surface area contributed by atoms with E-state index in [2.05, 4.69) is 13.8 Å². The maximum Gasteiger partial charge on any atom is 0.306 e. The summed E-state index contributed by atoms with van der Waals surface area (Å²) >= 11 is 0. The summed E-state index contributed by atoms with van der Waals surface area (Å²) in [5.41, 5.74) is 0. The zero-order valence-corrected chi connectivity index (χ0v) is 30.4. The van der Waals surface area contributed by atoms with Crippen molar-refractivity contribution >= 4 is 22.1 Å². The molecule has 6 atom stereocenters. The number of carbonyl (C=O) groups excluding carboxylic acids is 2. The lowest BCUT2D eigenvalue weighted by molar-refractivity contribution is -0.297. The molecule has 0 aliphatic carbocycles. The van der Waals surface area contributed by atoms with Gasteiger partial charge in [-0.05, 0) is 12.8 Å². The predicted molar refractivity (Wildman–Crippen MR) is 183 cm³/mol. The van der Waals surface area contributed by atoms with Gasteiger partial charge in [-0.1, -0.05) is 129 Å². The number of unbranched alkanes of at least 4 members (excludes halogenated alkanes) is 18. The molecule has 48 heavy (non-hydrogen) atoms. The van der Waals surface area contributed by atoms with Gasteiger partial charge in [0.25, 0.3) is 10.1 Å². The largest absolute Gasteiger partial charge is 0.462 e. The van der Waals surface area contributed by atoms with Gasteiger partial charge in [0.2, 0.25) is 0 Å². The molecule has 1 aliphatic rings. The Hall–Kier alpha value is -1.35. The van der Waals surface area contributed by atoms with E-state index in [4.69, 9.17) is 18.9 Å². The molecule has 1 aliphatic heterocycles. The Balaban J connectivity index is 2.53. The van der Waals surface area contributed by atoms with Crippen LogP contribution in [0.5, 0.6) is 0 Å². The average Bonchev–Trinajstić information content (AvgIpc) is 3.04. The van der Waals surface area contributed by atoms with Crippen molar-refractivity contribution in [3.05, 3.63) is 0 Å². The fourth-order valence-corrected chi connectivity index (χ4v) is 6.43. The molecule has 0 aromatic heterocycles. The Morgan fingerprint density at radius 2 is 1.06 bits per heavy atom. The lowest BCUT2D eigenvalue weighted by Crippen LogP contribution is -2.60. The fraction of sp³-hybridized carbons (Fsp3) is 0.943. The van der Waals surface area contributed by atoms with Crippen LogP contribution in [0.4, 0.5) is 0 Å². The summed E-state index contributed by atoms with van der Waals surface area (Å²) in [5, 5.41) is 30.6. The van der Waals surface area contributed by atoms with Crippen molar-refractivity contribution in [1.29, 1.82) is 0 Å². The van der Waals surface area contributed by atoms with Crippen LogP contribution >= 0.6 is 0 Å². The summed E-state index contributed by atoms with van der Waals surface area (Å²) < 4.78 is 53.6. The third kappa shape index (κ3) is 22.4.